The smallest absolute Gasteiger partial charge is 0.340 e. The molecule has 0 unspecified atom stereocenters. The number of carbonyl (C=O) groups is 2. The molecule has 0 radical (unpaired) electrons. The van der Waals surface area contributed by atoms with Gasteiger partial charge in [-0.15, -0.1) is 0 Å². The van der Waals surface area contributed by atoms with Crippen molar-refractivity contribution < 1.29 is 19.1 Å². The molecule has 3 aromatic rings. The van der Waals surface area contributed by atoms with Crippen molar-refractivity contribution in [2.24, 2.45) is 5.92 Å². The second-order valence-electron chi connectivity index (χ2n) is 7.64. The molecule has 0 aliphatic rings. The second kappa shape index (κ2) is 9.55. The highest BCUT2D eigenvalue weighted by molar-refractivity contribution is 6.07. The van der Waals surface area contributed by atoms with Gasteiger partial charge in [0.05, 0.1) is 42.1 Å². The molecule has 1 aromatic carbocycles. The lowest BCUT2D eigenvalue weighted by Gasteiger charge is -2.18. The zero-order chi connectivity index (χ0) is 22.5. The highest BCUT2D eigenvalue weighted by atomic mass is 16.5. The molecule has 0 N–H and O–H groups in total. The summed E-state index contributed by atoms with van der Waals surface area (Å²) in [4.78, 5) is 34.4. The van der Waals surface area contributed by atoms with Crippen LogP contribution in [0.25, 0.3) is 16.8 Å². The lowest BCUT2D eigenvalue weighted by Crippen LogP contribution is -2.18. The van der Waals surface area contributed by atoms with Crippen molar-refractivity contribution in [2.75, 3.05) is 13.2 Å². The van der Waals surface area contributed by atoms with Crippen molar-refractivity contribution in [3.05, 3.63) is 65.5 Å². The zero-order valence-corrected chi connectivity index (χ0v) is 18.5. The summed E-state index contributed by atoms with van der Waals surface area (Å²) in [6, 6.07) is 7.54. The largest absolute Gasteiger partial charge is 0.462 e. The van der Waals surface area contributed by atoms with Crippen molar-refractivity contribution in [2.45, 2.75) is 34.6 Å². The van der Waals surface area contributed by atoms with E-state index in [1.165, 1.54) is 0 Å². The van der Waals surface area contributed by atoms with Crippen LogP contribution < -0.4 is 0 Å². The number of aromatic nitrogens is 3. The first-order chi connectivity index (χ1) is 14.8. The van der Waals surface area contributed by atoms with Crippen molar-refractivity contribution in [3.63, 3.8) is 0 Å². The molecule has 2 heterocycles. The van der Waals surface area contributed by atoms with Crippen molar-refractivity contribution in [3.8, 4) is 16.8 Å². The summed E-state index contributed by atoms with van der Waals surface area (Å²) in [7, 11) is 0. The standard InChI is InChI=1S/C24H27N3O4/c1-6-30-23(28)20-16(4)26-17(5)21(24(29)31-13-15(2)3)22(20)18-7-9-19(10-8-18)27-12-11-25-14-27/h7-12,14-15H,6,13H2,1-5H3. The number of benzene rings is 1. The number of nitrogens with zero attached hydrogens (tertiary/aromatic N) is 3. The van der Waals surface area contributed by atoms with Gasteiger partial charge in [-0.1, -0.05) is 26.0 Å². The van der Waals surface area contributed by atoms with Gasteiger partial charge >= 0.3 is 11.9 Å². The Morgan fingerprint density at radius 1 is 1.00 bits per heavy atom. The number of pyridine rings is 1. The molecular formula is C24H27N3O4. The summed E-state index contributed by atoms with van der Waals surface area (Å²) in [6.45, 7) is 9.66. The number of hydrogen-bond donors (Lipinski definition) is 0. The topological polar surface area (TPSA) is 83.3 Å². The number of carbonyl (C=O) groups excluding carboxylic acids is 2. The Balaban J connectivity index is 2.18. The van der Waals surface area contributed by atoms with Crippen LogP contribution in [0.5, 0.6) is 0 Å². The van der Waals surface area contributed by atoms with E-state index in [1.807, 2.05) is 48.9 Å². The molecule has 0 aliphatic carbocycles. The fourth-order valence-electron chi connectivity index (χ4n) is 3.37. The van der Waals surface area contributed by atoms with Gasteiger partial charge in [-0.2, -0.15) is 0 Å². The van der Waals surface area contributed by atoms with Crippen LogP contribution >= 0.6 is 0 Å². The van der Waals surface area contributed by atoms with Crippen LogP contribution in [-0.4, -0.2) is 39.7 Å². The molecule has 7 nitrogen and oxygen atoms in total. The Labute approximate surface area is 182 Å². The maximum atomic E-state index is 13.0. The molecule has 31 heavy (non-hydrogen) atoms. The van der Waals surface area contributed by atoms with Crippen LogP contribution in [0.4, 0.5) is 0 Å². The molecule has 2 aromatic heterocycles. The molecule has 0 saturated carbocycles. The zero-order valence-electron chi connectivity index (χ0n) is 18.5. The molecule has 0 bridgehead atoms. The Kier molecular flexibility index (Phi) is 6.84. The van der Waals surface area contributed by atoms with Crippen LogP contribution in [-0.2, 0) is 9.47 Å². The summed E-state index contributed by atoms with van der Waals surface area (Å²) in [5.74, 6) is -0.831. The van der Waals surface area contributed by atoms with Crippen molar-refractivity contribution >= 4 is 11.9 Å². The van der Waals surface area contributed by atoms with Gasteiger partial charge in [0.2, 0.25) is 0 Å². The van der Waals surface area contributed by atoms with Crippen LogP contribution in [0.15, 0.2) is 43.0 Å². The fraction of sp³-hybridized carbons (Fsp3) is 0.333. The van der Waals surface area contributed by atoms with E-state index in [4.69, 9.17) is 9.47 Å². The van der Waals surface area contributed by atoms with E-state index < -0.39 is 11.9 Å². The molecule has 162 valence electrons. The quantitative estimate of drug-likeness (QED) is 0.521. The molecule has 3 rings (SSSR count). The number of ether oxygens (including phenoxy) is 2. The van der Waals surface area contributed by atoms with E-state index in [9.17, 15) is 9.59 Å². The van der Waals surface area contributed by atoms with E-state index in [1.54, 1.807) is 33.3 Å². The van der Waals surface area contributed by atoms with Crippen LogP contribution in [0.3, 0.4) is 0 Å². The predicted molar refractivity (Wildman–Crippen MR) is 117 cm³/mol. The van der Waals surface area contributed by atoms with Gasteiger partial charge in [0.15, 0.2) is 0 Å². The summed E-state index contributed by atoms with van der Waals surface area (Å²) in [6.07, 6.45) is 5.24. The summed E-state index contributed by atoms with van der Waals surface area (Å²) in [5.41, 5.74) is 3.67. The summed E-state index contributed by atoms with van der Waals surface area (Å²) < 4.78 is 12.7. The van der Waals surface area contributed by atoms with Gasteiger partial charge in [-0.25, -0.2) is 14.6 Å². The molecule has 0 amide bonds. The predicted octanol–water partition coefficient (Wildman–Crippen LogP) is 4.54. The van der Waals surface area contributed by atoms with Gasteiger partial charge in [0, 0.05) is 23.6 Å². The Morgan fingerprint density at radius 2 is 1.61 bits per heavy atom. The lowest BCUT2D eigenvalue weighted by atomic mass is 9.92. The lowest BCUT2D eigenvalue weighted by molar-refractivity contribution is 0.0458. The summed E-state index contributed by atoms with van der Waals surface area (Å²) >= 11 is 0. The second-order valence-corrected chi connectivity index (χ2v) is 7.64. The number of rotatable bonds is 7. The molecule has 7 heteroatoms. The van der Waals surface area contributed by atoms with Gasteiger partial charge in [-0.3, -0.25) is 4.98 Å². The molecule has 0 aliphatic heterocycles. The monoisotopic (exact) mass is 421 g/mol. The molecule has 0 spiro atoms. The first-order valence-electron chi connectivity index (χ1n) is 10.3. The summed E-state index contributed by atoms with van der Waals surface area (Å²) in [5, 5.41) is 0. The van der Waals surface area contributed by atoms with E-state index in [2.05, 4.69) is 9.97 Å². The maximum Gasteiger partial charge on any atom is 0.340 e. The minimum atomic E-state index is -0.515. The number of imidazole rings is 1. The third kappa shape index (κ3) is 4.82. The number of aryl methyl sites for hydroxylation is 2. The van der Waals surface area contributed by atoms with Gasteiger partial charge in [0.1, 0.15) is 0 Å². The van der Waals surface area contributed by atoms with Gasteiger partial charge < -0.3 is 14.0 Å². The van der Waals surface area contributed by atoms with Crippen molar-refractivity contribution in [1.82, 2.24) is 14.5 Å². The Hall–Kier alpha value is -3.48. The van der Waals surface area contributed by atoms with Crippen molar-refractivity contribution in [1.29, 1.82) is 0 Å². The van der Waals surface area contributed by atoms with Crippen LogP contribution in [0.1, 0.15) is 52.9 Å². The van der Waals surface area contributed by atoms with E-state index >= 15 is 0 Å². The third-order valence-electron chi connectivity index (χ3n) is 4.75. The van der Waals surface area contributed by atoms with Crippen LogP contribution in [0.2, 0.25) is 0 Å². The SMILES string of the molecule is CCOC(=O)c1c(C)nc(C)c(C(=O)OCC(C)C)c1-c1ccc(-n2ccnc2)cc1. The fourth-order valence-corrected chi connectivity index (χ4v) is 3.37. The van der Waals surface area contributed by atoms with E-state index in [0.29, 0.717) is 22.5 Å². The molecule has 0 atom stereocenters. The van der Waals surface area contributed by atoms with Gasteiger partial charge in [-0.05, 0) is 44.4 Å². The number of hydrogen-bond acceptors (Lipinski definition) is 6. The average molecular weight is 421 g/mol. The average Bonchev–Trinajstić information content (AvgIpc) is 3.26. The minimum Gasteiger partial charge on any atom is -0.462 e. The van der Waals surface area contributed by atoms with Crippen LogP contribution in [0, 0.1) is 19.8 Å². The van der Waals surface area contributed by atoms with E-state index in [-0.39, 0.29) is 30.3 Å². The normalized spacial score (nSPS) is 10.9. The highest BCUT2D eigenvalue weighted by Crippen LogP contribution is 2.33. The molecular weight excluding hydrogens is 394 g/mol. The third-order valence-corrected chi connectivity index (χ3v) is 4.75. The highest BCUT2D eigenvalue weighted by Gasteiger charge is 2.28. The molecule has 0 saturated heterocycles. The first kappa shape index (κ1) is 22.2. The molecule has 0 fully saturated rings. The van der Waals surface area contributed by atoms with Gasteiger partial charge in [0.25, 0.3) is 0 Å². The number of esters is 2. The maximum absolute atomic E-state index is 13.0. The Bertz CT molecular complexity index is 1070. The first-order valence-corrected chi connectivity index (χ1v) is 10.3. The van der Waals surface area contributed by atoms with E-state index in [0.717, 1.165) is 5.69 Å². The minimum absolute atomic E-state index is 0.185. The Morgan fingerprint density at radius 3 is 2.13 bits per heavy atom.